The number of nitrogens with two attached hydrogens (primary N) is 1. The van der Waals surface area contributed by atoms with Gasteiger partial charge in [0.05, 0.1) is 11.9 Å². The van der Waals surface area contributed by atoms with Crippen molar-refractivity contribution in [2.75, 3.05) is 31.6 Å². The van der Waals surface area contributed by atoms with E-state index in [4.69, 9.17) is 10.8 Å². The number of hydrogen-bond acceptors (Lipinski definition) is 5. The summed E-state index contributed by atoms with van der Waals surface area (Å²) in [4.78, 5) is 13.6. The van der Waals surface area contributed by atoms with Crippen LogP contribution in [0.5, 0.6) is 0 Å². The summed E-state index contributed by atoms with van der Waals surface area (Å²) in [6.45, 7) is 3.54. The highest BCUT2D eigenvalue weighted by Gasteiger charge is 2.07. The van der Waals surface area contributed by atoms with Crippen molar-refractivity contribution in [3.8, 4) is 0 Å². The van der Waals surface area contributed by atoms with E-state index in [1.807, 2.05) is 18.9 Å². The molecule has 0 saturated heterocycles. The number of anilines is 1. The molecule has 1 atom stereocenters. The molecule has 0 aliphatic rings. The van der Waals surface area contributed by atoms with Crippen LogP contribution in [0.3, 0.4) is 0 Å². The maximum absolute atomic E-state index is 11.8. The van der Waals surface area contributed by atoms with Gasteiger partial charge in [-0.2, -0.15) is 5.10 Å². The standard InChI is InChI=1S/C11H20N4O2/c1-9(8-16)7-15-11(17)5-10(6-13-15)14(2)4-3-12/h5-6,9,16H,3-4,7-8,12H2,1-2H3. The number of likely N-dealkylation sites (N-methyl/N-ethyl adjacent to an activating group) is 1. The zero-order valence-corrected chi connectivity index (χ0v) is 10.3. The number of aromatic nitrogens is 2. The van der Waals surface area contributed by atoms with Crippen LogP contribution in [0.25, 0.3) is 0 Å². The Labute approximate surface area is 101 Å². The van der Waals surface area contributed by atoms with Gasteiger partial charge in [0.1, 0.15) is 0 Å². The Morgan fingerprint density at radius 1 is 1.65 bits per heavy atom. The topological polar surface area (TPSA) is 84.4 Å². The lowest BCUT2D eigenvalue weighted by Gasteiger charge is -2.18. The molecule has 0 aromatic carbocycles. The van der Waals surface area contributed by atoms with E-state index in [9.17, 15) is 4.79 Å². The van der Waals surface area contributed by atoms with Gasteiger partial charge < -0.3 is 15.7 Å². The first-order chi connectivity index (χ1) is 8.08. The number of aliphatic hydroxyl groups excluding tert-OH is 1. The Bertz CT molecular complexity index is 405. The third-order valence-electron chi connectivity index (χ3n) is 2.56. The van der Waals surface area contributed by atoms with Crippen LogP contribution in [0, 0.1) is 5.92 Å². The van der Waals surface area contributed by atoms with Gasteiger partial charge in [0.25, 0.3) is 5.56 Å². The van der Waals surface area contributed by atoms with E-state index in [1.54, 1.807) is 6.20 Å². The van der Waals surface area contributed by atoms with Crippen LogP contribution in [0.2, 0.25) is 0 Å². The highest BCUT2D eigenvalue weighted by atomic mass is 16.3. The molecule has 1 unspecified atom stereocenters. The molecule has 6 heteroatoms. The van der Waals surface area contributed by atoms with Gasteiger partial charge in [0, 0.05) is 39.4 Å². The summed E-state index contributed by atoms with van der Waals surface area (Å²) < 4.78 is 1.36. The molecule has 0 bridgehead atoms. The Balaban J connectivity index is 2.82. The number of aliphatic hydroxyl groups is 1. The molecule has 1 aromatic rings. The van der Waals surface area contributed by atoms with Gasteiger partial charge in [-0.25, -0.2) is 4.68 Å². The van der Waals surface area contributed by atoms with Crippen molar-refractivity contribution in [1.29, 1.82) is 0 Å². The maximum Gasteiger partial charge on any atom is 0.268 e. The second-order valence-corrected chi connectivity index (χ2v) is 4.23. The smallest absolute Gasteiger partial charge is 0.268 e. The molecule has 0 fully saturated rings. The fourth-order valence-electron chi connectivity index (χ4n) is 1.45. The first-order valence-corrected chi connectivity index (χ1v) is 5.67. The maximum atomic E-state index is 11.8. The molecule has 0 saturated carbocycles. The summed E-state index contributed by atoms with van der Waals surface area (Å²) in [6.07, 6.45) is 1.64. The summed E-state index contributed by atoms with van der Waals surface area (Å²) >= 11 is 0. The van der Waals surface area contributed by atoms with Gasteiger partial charge in [-0.3, -0.25) is 4.79 Å². The fourth-order valence-corrected chi connectivity index (χ4v) is 1.45. The largest absolute Gasteiger partial charge is 0.396 e. The van der Waals surface area contributed by atoms with E-state index in [-0.39, 0.29) is 18.1 Å². The van der Waals surface area contributed by atoms with Gasteiger partial charge in [-0.05, 0) is 5.92 Å². The van der Waals surface area contributed by atoms with E-state index in [2.05, 4.69) is 5.10 Å². The third kappa shape index (κ3) is 3.83. The van der Waals surface area contributed by atoms with Crippen molar-refractivity contribution in [1.82, 2.24) is 9.78 Å². The molecule has 6 nitrogen and oxygen atoms in total. The minimum Gasteiger partial charge on any atom is -0.396 e. The van der Waals surface area contributed by atoms with Crippen LogP contribution in [-0.4, -0.2) is 41.6 Å². The molecule has 17 heavy (non-hydrogen) atoms. The van der Waals surface area contributed by atoms with Crippen molar-refractivity contribution >= 4 is 5.69 Å². The highest BCUT2D eigenvalue weighted by molar-refractivity contribution is 5.41. The van der Waals surface area contributed by atoms with E-state index in [0.717, 1.165) is 5.69 Å². The number of rotatable bonds is 6. The average molecular weight is 240 g/mol. The molecule has 0 aliphatic heterocycles. The zero-order valence-electron chi connectivity index (χ0n) is 10.3. The minimum absolute atomic E-state index is 0.0211. The molecule has 96 valence electrons. The Hall–Kier alpha value is -1.40. The molecule has 0 spiro atoms. The molecule has 3 N–H and O–H groups in total. The third-order valence-corrected chi connectivity index (χ3v) is 2.56. The Morgan fingerprint density at radius 2 is 2.35 bits per heavy atom. The van der Waals surface area contributed by atoms with Crippen molar-refractivity contribution < 1.29 is 5.11 Å². The second-order valence-electron chi connectivity index (χ2n) is 4.23. The van der Waals surface area contributed by atoms with Crippen LogP contribution in [0.4, 0.5) is 5.69 Å². The Morgan fingerprint density at radius 3 is 2.88 bits per heavy atom. The van der Waals surface area contributed by atoms with E-state index >= 15 is 0 Å². The van der Waals surface area contributed by atoms with Crippen molar-refractivity contribution in [2.24, 2.45) is 11.7 Å². The van der Waals surface area contributed by atoms with Crippen LogP contribution in [0.15, 0.2) is 17.1 Å². The lowest BCUT2D eigenvalue weighted by atomic mass is 10.2. The van der Waals surface area contributed by atoms with E-state index in [1.165, 1.54) is 10.7 Å². The normalized spacial score (nSPS) is 12.5. The zero-order chi connectivity index (χ0) is 12.8. The quantitative estimate of drug-likeness (QED) is 0.684. The van der Waals surface area contributed by atoms with E-state index < -0.39 is 0 Å². The summed E-state index contributed by atoms with van der Waals surface area (Å²) in [5, 5.41) is 13.0. The van der Waals surface area contributed by atoms with E-state index in [0.29, 0.717) is 19.6 Å². The summed E-state index contributed by atoms with van der Waals surface area (Å²) in [5.74, 6) is 0.0211. The van der Waals surface area contributed by atoms with Gasteiger partial charge in [0.2, 0.25) is 0 Å². The predicted octanol–water partition coefficient (Wildman–Crippen LogP) is -0.733. The molecule has 1 heterocycles. The summed E-state index contributed by atoms with van der Waals surface area (Å²) in [7, 11) is 1.87. The molecule has 0 amide bonds. The predicted molar refractivity (Wildman–Crippen MR) is 67.1 cm³/mol. The van der Waals surface area contributed by atoms with Crippen LogP contribution >= 0.6 is 0 Å². The summed E-state index contributed by atoms with van der Waals surface area (Å²) in [5.41, 5.74) is 6.04. The number of hydrogen-bond donors (Lipinski definition) is 2. The first kappa shape index (κ1) is 13.7. The SMILES string of the molecule is CC(CO)Cn1ncc(N(C)CCN)cc1=O. The lowest BCUT2D eigenvalue weighted by Crippen LogP contribution is -2.30. The minimum atomic E-state index is -0.160. The monoisotopic (exact) mass is 240 g/mol. The fraction of sp³-hybridized carbons (Fsp3) is 0.636. The summed E-state index contributed by atoms with van der Waals surface area (Å²) in [6, 6.07) is 1.53. The van der Waals surface area contributed by atoms with Gasteiger partial charge in [-0.15, -0.1) is 0 Å². The van der Waals surface area contributed by atoms with Gasteiger partial charge in [-0.1, -0.05) is 6.92 Å². The lowest BCUT2D eigenvalue weighted by molar-refractivity contribution is 0.217. The average Bonchev–Trinajstić information content (AvgIpc) is 2.31. The first-order valence-electron chi connectivity index (χ1n) is 5.67. The molecule has 1 aromatic heterocycles. The highest BCUT2D eigenvalue weighted by Crippen LogP contribution is 2.06. The van der Waals surface area contributed by atoms with Gasteiger partial charge >= 0.3 is 0 Å². The van der Waals surface area contributed by atoms with Crippen molar-refractivity contribution in [3.05, 3.63) is 22.6 Å². The number of nitrogens with zero attached hydrogens (tertiary/aromatic N) is 3. The molecular formula is C11H20N4O2. The molecule has 0 aliphatic carbocycles. The van der Waals surface area contributed by atoms with Crippen LogP contribution < -0.4 is 16.2 Å². The molecule has 1 rings (SSSR count). The van der Waals surface area contributed by atoms with Crippen molar-refractivity contribution in [2.45, 2.75) is 13.5 Å². The molecule has 0 radical (unpaired) electrons. The van der Waals surface area contributed by atoms with Gasteiger partial charge in [0.15, 0.2) is 0 Å². The van der Waals surface area contributed by atoms with Crippen LogP contribution in [0.1, 0.15) is 6.92 Å². The van der Waals surface area contributed by atoms with Crippen LogP contribution in [-0.2, 0) is 6.54 Å². The van der Waals surface area contributed by atoms with Crippen molar-refractivity contribution in [3.63, 3.8) is 0 Å². The second kappa shape index (κ2) is 6.36. The Kier molecular flexibility index (Phi) is 5.11. The molecular weight excluding hydrogens is 220 g/mol.